The first-order chi connectivity index (χ1) is 9.65. The Morgan fingerprint density at radius 3 is 2.45 bits per heavy atom. The van der Waals surface area contributed by atoms with E-state index in [1.165, 1.54) is 13.0 Å². The zero-order chi connectivity index (χ0) is 14.4. The quantitative estimate of drug-likeness (QED) is 0.679. The second kappa shape index (κ2) is 6.48. The van der Waals surface area contributed by atoms with Crippen LogP contribution >= 0.6 is 0 Å². The fourth-order valence-electron chi connectivity index (χ4n) is 1.74. The summed E-state index contributed by atoms with van der Waals surface area (Å²) in [6.45, 7) is 1.50. The average Bonchev–Trinajstić information content (AvgIpc) is 2.46. The third-order valence-electron chi connectivity index (χ3n) is 2.76. The predicted molar refractivity (Wildman–Crippen MR) is 80.6 cm³/mol. The highest BCUT2D eigenvalue weighted by atomic mass is 16.1. The summed E-state index contributed by atoms with van der Waals surface area (Å²) < 4.78 is 0. The van der Waals surface area contributed by atoms with Crippen LogP contribution in [0.1, 0.15) is 22.8 Å². The van der Waals surface area contributed by atoms with Crippen LogP contribution < -0.4 is 5.32 Å². The molecule has 0 unspecified atom stereocenters. The van der Waals surface area contributed by atoms with Gasteiger partial charge in [0.05, 0.1) is 0 Å². The van der Waals surface area contributed by atoms with E-state index in [1.807, 2.05) is 30.3 Å². The number of Topliss-reactive ketones (excluding diaryl/α,β-unsaturated/α-hetero) is 1. The first kappa shape index (κ1) is 13.7. The van der Waals surface area contributed by atoms with E-state index in [4.69, 9.17) is 0 Å². The number of hydrogen-bond donors (Lipinski definition) is 1. The molecule has 0 atom stereocenters. The highest BCUT2D eigenvalue weighted by Gasteiger charge is 2.02. The van der Waals surface area contributed by atoms with Crippen molar-refractivity contribution in [1.82, 2.24) is 0 Å². The maximum absolute atomic E-state index is 11.8. The van der Waals surface area contributed by atoms with Gasteiger partial charge >= 0.3 is 0 Å². The van der Waals surface area contributed by atoms with E-state index >= 15 is 0 Å². The normalized spacial score (nSPS) is 10.4. The van der Waals surface area contributed by atoms with Gasteiger partial charge in [0.25, 0.3) is 0 Å². The van der Waals surface area contributed by atoms with Gasteiger partial charge in [-0.3, -0.25) is 9.59 Å². The van der Waals surface area contributed by atoms with Crippen molar-refractivity contribution in [2.24, 2.45) is 0 Å². The molecule has 1 N–H and O–H groups in total. The standard InChI is InChI=1S/C17H15NO2/c1-13(19)15-8-5-9-16(12-15)18-17(20)11-10-14-6-3-2-4-7-14/h2-12H,1H3,(H,18,20)/b11-10-. The van der Waals surface area contributed by atoms with Gasteiger partial charge in [-0.05, 0) is 30.7 Å². The lowest BCUT2D eigenvalue weighted by atomic mass is 10.1. The van der Waals surface area contributed by atoms with Gasteiger partial charge in [0.15, 0.2) is 5.78 Å². The number of carbonyl (C=O) groups is 2. The molecule has 2 aromatic rings. The van der Waals surface area contributed by atoms with Crippen molar-refractivity contribution in [2.45, 2.75) is 6.92 Å². The lowest BCUT2D eigenvalue weighted by Crippen LogP contribution is -2.08. The van der Waals surface area contributed by atoms with E-state index in [1.54, 1.807) is 30.3 Å². The Hall–Kier alpha value is -2.68. The van der Waals surface area contributed by atoms with E-state index in [2.05, 4.69) is 5.32 Å². The highest BCUT2D eigenvalue weighted by molar-refractivity contribution is 6.03. The molecule has 2 rings (SSSR count). The molecule has 3 nitrogen and oxygen atoms in total. The van der Waals surface area contributed by atoms with Crippen LogP contribution in [0, 0.1) is 0 Å². The summed E-state index contributed by atoms with van der Waals surface area (Å²) in [4.78, 5) is 23.1. The Bertz CT molecular complexity index is 645. The molecular formula is C17H15NO2. The number of hydrogen-bond acceptors (Lipinski definition) is 2. The molecule has 3 heteroatoms. The van der Waals surface area contributed by atoms with E-state index in [0.717, 1.165) is 5.56 Å². The third-order valence-corrected chi connectivity index (χ3v) is 2.76. The lowest BCUT2D eigenvalue weighted by molar-refractivity contribution is -0.111. The summed E-state index contributed by atoms with van der Waals surface area (Å²) in [5, 5.41) is 2.73. The first-order valence-electron chi connectivity index (χ1n) is 6.30. The molecular weight excluding hydrogens is 250 g/mol. The van der Waals surface area contributed by atoms with Crippen LogP contribution in [0.2, 0.25) is 0 Å². The Morgan fingerprint density at radius 1 is 1.00 bits per heavy atom. The van der Waals surface area contributed by atoms with Crippen molar-refractivity contribution >= 4 is 23.5 Å². The smallest absolute Gasteiger partial charge is 0.248 e. The summed E-state index contributed by atoms with van der Waals surface area (Å²) in [6, 6.07) is 16.5. The molecule has 0 aliphatic carbocycles. The van der Waals surface area contributed by atoms with Crippen LogP contribution in [0.4, 0.5) is 5.69 Å². The second-order valence-electron chi connectivity index (χ2n) is 4.37. The highest BCUT2D eigenvalue weighted by Crippen LogP contribution is 2.11. The number of anilines is 1. The SMILES string of the molecule is CC(=O)c1cccc(NC(=O)/C=C\c2ccccc2)c1. The molecule has 20 heavy (non-hydrogen) atoms. The van der Waals surface area contributed by atoms with E-state index in [-0.39, 0.29) is 11.7 Å². The average molecular weight is 265 g/mol. The number of rotatable bonds is 4. The Morgan fingerprint density at radius 2 is 1.75 bits per heavy atom. The number of amides is 1. The van der Waals surface area contributed by atoms with Crippen LogP contribution in [0.25, 0.3) is 6.08 Å². The molecule has 1 amide bonds. The van der Waals surface area contributed by atoms with Crippen molar-refractivity contribution in [3.05, 3.63) is 71.8 Å². The predicted octanol–water partition coefficient (Wildman–Crippen LogP) is 3.54. The Kier molecular flexibility index (Phi) is 4.45. The summed E-state index contributed by atoms with van der Waals surface area (Å²) in [7, 11) is 0. The summed E-state index contributed by atoms with van der Waals surface area (Å²) in [5.41, 5.74) is 2.15. The van der Waals surface area contributed by atoms with Crippen molar-refractivity contribution in [3.8, 4) is 0 Å². The molecule has 0 fully saturated rings. The second-order valence-corrected chi connectivity index (χ2v) is 4.37. The fourth-order valence-corrected chi connectivity index (χ4v) is 1.74. The molecule has 2 aromatic carbocycles. The molecule has 0 heterocycles. The molecule has 0 aliphatic heterocycles. The number of ketones is 1. The minimum Gasteiger partial charge on any atom is -0.322 e. The van der Waals surface area contributed by atoms with Crippen LogP contribution in [0.3, 0.4) is 0 Å². The minimum atomic E-state index is -0.227. The maximum Gasteiger partial charge on any atom is 0.248 e. The van der Waals surface area contributed by atoms with Gasteiger partial charge in [-0.1, -0.05) is 42.5 Å². The molecule has 0 aromatic heterocycles. The molecule has 0 aliphatic rings. The van der Waals surface area contributed by atoms with Crippen LogP contribution in [-0.4, -0.2) is 11.7 Å². The van der Waals surface area contributed by atoms with E-state index in [0.29, 0.717) is 11.3 Å². The maximum atomic E-state index is 11.8. The van der Waals surface area contributed by atoms with Gasteiger partial charge in [0, 0.05) is 17.3 Å². The van der Waals surface area contributed by atoms with Gasteiger partial charge < -0.3 is 5.32 Å². The molecule has 0 saturated heterocycles. The van der Waals surface area contributed by atoms with Gasteiger partial charge in [-0.2, -0.15) is 0 Å². The first-order valence-corrected chi connectivity index (χ1v) is 6.30. The van der Waals surface area contributed by atoms with Gasteiger partial charge in [-0.15, -0.1) is 0 Å². The van der Waals surface area contributed by atoms with Gasteiger partial charge in [-0.25, -0.2) is 0 Å². The van der Waals surface area contributed by atoms with E-state index in [9.17, 15) is 9.59 Å². The van der Waals surface area contributed by atoms with Crippen molar-refractivity contribution in [1.29, 1.82) is 0 Å². The zero-order valence-corrected chi connectivity index (χ0v) is 11.2. The van der Waals surface area contributed by atoms with Gasteiger partial charge in [0.1, 0.15) is 0 Å². The van der Waals surface area contributed by atoms with E-state index < -0.39 is 0 Å². The zero-order valence-electron chi connectivity index (χ0n) is 11.2. The third kappa shape index (κ3) is 3.92. The van der Waals surface area contributed by atoms with Crippen molar-refractivity contribution < 1.29 is 9.59 Å². The van der Waals surface area contributed by atoms with Gasteiger partial charge in [0.2, 0.25) is 5.91 Å². The summed E-state index contributed by atoms with van der Waals surface area (Å²) in [6.07, 6.45) is 3.21. The Balaban J connectivity index is 2.03. The Labute approximate surface area is 117 Å². The molecule has 100 valence electrons. The topological polar surface area (TPSA) is 46.2 Å². The fraction of sp³-hybridized carbons (Fsp3) is 0.0588. The largest absolute Gasteiger partial charge is 0.322 e. The molecule has 0 saturated carbocycles. The van der Waals surface area contributed by atoms with Crippen LogP contribution in [-0.2, 0) is 4.79 Å². The monoisotopic (exact) mass is 265 g/mol. The summed E-state index contributed by atoms with van der Waals surface area (Å²) >= 11 is 0. The number of nitrogens with one attached hydrogen (secondary N) is 1. The number of carbonyl (C=O) groups excluding carboxylic acids is 2. The molecule has 0 bridgehead atoms. The minimum absolute atomic E-state index is 0.0269. The molecule has 0 radical (unpaired) electrons. The molecule has 0 spiro atoms. The number of benzene rings is 2. The summed E-state index contributed by atoms with van der Waals surface area (Å²) in [5.74, 6) is -0.254. The van der Waals surface area contributed by atoms with Crippen molar-refractivity contribution in [2.75, 3.05) is 5.32 Å². The van der Waals surface area contributed by atoms with Crippen LogP contribution in [0.15, 0.2) is 60.7 Å². The van der Waals surface area contributed by atoms with Crippen LogP contribution in [0.5, 0.6) is 0 Å². The lowest BCUT2D eigenvalue weighted by Gasteiger charge is -2.03. The van der Waals surface area contributed by atoms with Crippen molar-refractivity contribution in [3.63, 3.8) is 0 Å².